The third-order valence-corrected chi connectivity index (χ3v) is 5.94. The van der Waals surface area contributed by atoms with Gasteiger partial charge >= 0.3 is 0 Å². The molecule has 0 atom stereocenters. The lowest BCUT2D eigenvalue weighted by molar-refractivity contribution is -0.126. The zero-order valence-corrected chi connectivity index (χ0v) is 19.4. The van der Waals surface area contributed by atoms with Crippen LogP contribution in [0.2, 0.25) is 5.02 Å². The van der Waals surface area contributed by atoms with Crippen molar-refractivity contribution in [1.29, 1.82) is 0 Å². The van der Waals surface area contributed by atoms with Crippen molar-refractivity contribution in [2.24, 2.45) is 5.92 Å². The summed E-state index contributed by atoms with van der Waals surface area (Å²) in [7, 11) is 4.73. The van der Waals surface area contributed by atoms with Crippen molar-refractivity contribution in [2.75, 3.05) is 41.0 Å². The second kappa shape index (κ2) is 11.1. The zero-order chi connectivity index (χ0) is 23.1. The highest BCUT2D eigenvalue weighted by molar-refractivity contribution is 6.31. The number of piperidine rings is 1. The summed E-state index contributed by atoms with van der Waals surface area (Å²) in [5.41, 5.74) is 1.50. The SMILES string of the molecule is COc1ccc(CCNC(=O)C2CCN(C(=O)c3cc(Cl)ccc3OC)CC2)cc1OC. The van der Waals surface area contributed by atoms with E-state index in [0.29, 0.717) is 66.7 Å². The van der Waals surface area contributed by atoms with Gasteiger partial charge in [-0.15, -0.1) is 0 Å². The van der Waals surface area contributed by atoms with Gasteiger partial charge in [0.05, 0.1) is 26.9 Å². The Balaban J connectivity index is 1.48. The molecule has 3 rings (SSSR count). The number of carbonyl (C=O) groups excluding carboxylic acids is 2. The molecule has 1 saturated heterocycles. The van der Waals surface area contributed by atoms with Crippen molar-refractivity contribution in [3.05, 3.63) is 52.5 Å². The van der Waals surface area contributed by atoms with Crippen molar-refractivity contribution in [1.82, 2.24) is 10.2 Å². The van der Waals surface area contributed by atoms with Gasteiger partial charge in [-0.25, -0.2) is 0 Å². The van der Waals surface area contributed by atoms with Gasteiger partial charge in [0.1, 0.15) is 5.75 Å². The number of nitrogens with zero attached hydrogens (tertiary/aromatic N) is 1. The van der Waals surface area contributed by atoms with E-state index in [2.05, 4.69) is 5.32 Å². The molecule has 1 N–H and O–H groups in total. The van der Waals surface area contributed by atoms with Gasteiger partial charge in [0.15, 0.2) is 11.5 Å². The standard InChI is InChI=1S/C24H29ClN2O5/c1-30-20-7-5-18(25)15-19(20)24(29)27-12-9-17(10-13-27)23(28)26-11-8-16-4-6-21(31-2)22(14-16)32-3/h4-7,14-15,17H,8-13H2,1-3H3,(H,26,28). The van der Waals surface area contributed by atoms with E-state index in [-0.39, 0.29) is 17.7 Å². The number of carbonyl (C=O) groups is 2. The van der Waals surface area contributed by atoms with Crippen molar-refractivity contribution in [3.8, 4) is 17.2 Å². The molecule has 8 heteroatoms. The summed E-state index contributed by atoms with van der Waals surface area (Å²) >= 11 is 6.05. The summed E-state index contributed by atoms with van der Waals surface area (Å²) < 4.78 is 15.9. The molecule has 0 aliphatic carbocycles. The monoisotopic (exact) mass is 460 g/mol. The summed E-state index contributed by atoms with van der Waals surface area (Å²) in [5, 5.41) is 3.50. The predicted octanol–water partition coefficient (Wildman–Crippen LogP) is 3.58. The maximum Gasteiger partial charge on any atom is 0.257 e. The van der Waals surface area contributed by atoms with Gasteiger partial charge in [-0.3, -0.25) is 9.59 Å². The Bertz CT molecular complexity index is 957. The van der Waals surface area contributed by atoms with Gasteiger partial charge < -0.3 is 24.4 Å². The highest BCUT2D eigenvalue weighted by atomic mass is 35.5. The average Bonchev–Trinajstić information content (AvgIpc) is 2.83. The first kappa shape index (κ1) is 23.7. The van der Waals surface area contributed by atoms with Crippen LogP contribution in [0.1, 0.15) is 28.8 Å². The van der Waals surface area contributed by atoms with Crippen LogP contribution in [0.5, 0.6) is 17.2 Å². The summed E-state index contributed by atoms with van der Waals surface area (Å²) in [6.45, 7) is 1.57. The number of amides is 2. The largest absolute Gasteiger partial charge is 0.496 e. The van der Waals surface area contributed by atoms with Gasteiger partial charge in [0.2, 0.25) is 5.91 Å². The number of hydrogen-bond acceptors (Lipinski definition) is 5. The number of ether oxygens (including phenoxy) is 3. The summed E-state index contributed by atoms with van der Waals surface area (Å²) in [6, 6.07) is 10.7. The number of methoxy groups -OCH3 is 3. The summed E-state index contributed by atoms with van der Waals surface area (Å²) in [6.07, 6.45) is 1.94. The minimum absolute atomic E-state index is 0.0258. The lowest BCUT2D eigenvalue weighted by atomic mass is 9.95. The molecular formula is C24H29ClN2O5. The van der Waals surface area contributed by atoms with Crippen LogP contribution in [-0.4, -0.2) is 57.7 Å². The number of likely N-dealkylation sites (tertiary alicyclic amines) is 1. The number of hydrogen-bond donors (Lipinski definition) is 1. The van der Waals surface area contributed by atoms with Gasteiger partial charge in [-0.2, -0.15) is 0 Å². The summed E-state index contributed by atoms with van der Waals surface area (Å²) in [5.74, 6) is 1.64. The molecule has 0 spiro atoms. The quantitative estimate of drug-likeness (QED) is 0.651. The first-order valence-corrected chi connectivity index (χ1v) is 11.0. The van der Waals surface area contributed by atoms with Crippen molar-refractivity contribution < 1.29 is 23.8 Å². The van der Waals surface area contributed by atoms with Crippen LogP contribution in [0, 0.1) is 5.92 Å². The van der Waals surface area contributed by atoms with Crippen molar-refractivity contribution in [3.63, 3.8) is 0 Å². The zero-order valence-electron chi connectivity index (χ0n) is 18.7. The molecule has 7 nitrogen and oxygen atoms in total. The Morgan fingerprint density at radius 1 is 0.969 bits per heavy atom. The number of halogens is 1. The molecular weight excluding hydrogens is 432 g/mol. The highest BCUT2D eigenvalue weighted by Gasteiger charge is 2.29. The maximum absolute atomic E-state index is 12.9. The van der Waals surface area contributed by atoms with Crippen LogP contribution in [-0.2, 0) is 11.2 Å². The Morgan fingerprint density at radius 2 is 1.62 bits per heavy atom. The van der Waals surface area contributed by atoms with Crippen molar-refractivity contribution in [2.45, 2.75) is 19.3 Å². The van der Waals surface area contributed by atoms with E-state index < -0.39 is 0 Å². The topological polar surface area (TPSA) is 77.1 Å². The van der Waals surface area contributed by atoms with Crippen LogP contribution in [0.3, 0.4) is 0 Å². The van der Waals surface area contributed by atoms with Gasteiger partial charge in [0, 0.05) is 30.6 Å². The second-order valence-corrected chi connectivity index (χ2v) is 8.08. The molecule has 1 aliphatic rings. The van der Waals surface area contributed by atoms with E-state index in [1.54, 1.807) is 37.3 Å². The maximum atomic E-state index is 12.9. The molecule has 32 heavy (non-hydrogen) atoms. The molecule has 1 heterocycles. The Hall–Kier alpha value is -2.93. The molecule has 1 fully saturated rings. The van der Waals surface area contributed by atoms with Crippen LogP contribution in [0.25, 0.3) is 0 Å². The van der Waals surface area contributed by atoms with Gasteiger partial charge in [-0.05, 0) is 55.2 Å². The van der Waals surface area contributed by atoms with Gasteiger partial charge in [0.25, 0.3) is 5.91 Å². The minimum atomic E-state index is -0.128. The second-order valence-electron chi connectivity index (χ2n) is 7.64. The van der Waals surface area contributed by atoms with E-state index in [9.17, 15) is 9.59 Å². The molecule has 2 aromatic rings. The van der Waals surface area contributed by atoms with E-state index in [4.69, 9.17) is 25.8 Å². The third-order valence-electron chi connectivity index (χ3n) is 5.71. The fourth-order valence-electron chi connectivity index (χ4n) is 3.87. The molecule has 0 saturated carbocycles. The molecule has 0 bridgehead atoms. The molecule has 2 aromatic carbocycles. The van der Waals surface area contributed by atoms with E-state index in [1.807, 2.05) is 18.2 Å². The first-order valence-electron chi connectivity index (χ1n) is 10.6. The molecule has 0 radical (unpaired) electrons. The van der Waals surface area contributed by atoms with E-state index in [0.717, 1.165) is 5.56 Å². The predicted molar refractivity (Wildman–Crippen MR) is 123 cm³/mol. The molecule has 1 aliphatic heterocycles. The number of rotatable bonds is 8. The number of benzene rings is 2. The fourth-order valence-corrected chi connectivity index (χ4v) is 4.05. The smallest absolute Gasteiger partial charge is 0.257 e. The molecule has 0 aromatic heterocycles. The molecule has 0 unspecified atom stereocenters. The van der Waals surface area contributed by atoms with E-state index in [1.165, 1.54) is 7.11 Å². The van der Waals surface area contributed by atoms with E-state index >= 15 is 0 Å². The minimum Gasteiger partial charge on any atom is -0.496 e. The lowest BCUT2D eigenvalue weighted by Gasteiger charge is -2.31. The lowest BCUT2D eigenvalue weighted by Crippen LogP contribution is -2.43. The highest BCUT2D eigenvalue weighted by Crippen LogP contribution is 2.28. The van der Waals surface area contributed by atoms with Crippen molar-refractivity contribution >= 4 is 23.4 Å². The van der Waals surface area contributed by atoms with Crippen LogP contribution < -0.4 is 19.5 Å². The summed E-state index contributed by atoms with van der Waals surface area (Å²) in [4.78, 5) is 27.3. The van der Waals surface area contributed by atoms with Crippen LogP contribution in [0.4, 0.5) is 0 Å². The number of nitrogens with one attached hydrogen (secondary N) is 1. The third kappa shape index (κ3) is 5.65. The van der Waals surface area contributed by atoms with Crippen LogP contribution in [0.15, 0.2) is 36.4 Å². The fraction of sp³-hybridized carbons (Fsp3) is 0.417. The Kier molecular flexibility index (Phi) is 8.22. The van der Waals surface area contributed by atoms with Crippen LogP contribution >= 0.6 is 11.6 Å². The van der Waals surface area contributed by atoms with Gasteiger partial charge in [-0.1, -0.05) is 17.7 Å². The normalized spacial score (nSPS) is 14.1. The average molecular weight is 461 g/mol. The Labute approximate surface area is 193 Å². The molecule has 172 valence electrons. The molecule has 2 amide bonds. The Morgan fingerprint density at radius 3 is 2.28 bits per heavy atom. The first-order chi connectivity index (χ1) is 15.5.